The van der Waals surface area contributed by atoms with E-state index in [1.165, 1.54) is 36.8 Å². The van der Waals surface area contributed by atoms with Gasteiger partial charge >= 0.3 is 6.03 Å². The molecule has 2 aliphatic heterocycles. The molecular weight excluding hydrogens is 492 g/mol. The zero-order valence-corrected chi connectivity index (χ0v) is 22.7. The number of rotatable bonds is 6. The second-order valence-corrected chi connectivity index (χ2v) is 12.0. The standard InChI is InChI=1S/C30H34N6O3/c1-29(2)26-20(18-35(29)17-19-4-7-21(8-5-19)39-23-10-12-30(23)13-14-30)6-9-22(32-26)27-31-16-25(34(27)3)36-15-11-24(37)33-28(36)38/h4-9,16,23H,10-15,17-18H2,1-3H3,(H,33,37,38). The smallest absolute Gasteiger partial charge is 0.329 e. The third-order valence-corrected chi connectivity index (χ3v) is 9.29. The topological polar surface area (TPSA) is 92.6 Å². The molecule has 1 unspecified atom stereocenters. The molecule has 1 atom stereocenters. The molecule has 4 heterocycles. The molecule has 0 radical (unpaired) electrons. The van der Waals surface area contributed by atoms with E-state index in [0.717, 1.165) is 30.2 Å². The summed E-state index contributed by atoms with van der Waals surface area (Å²) in [6.07, 6.45) is 7.51. The summed E-state index contributed by atoms with van der Waals surface area (Å²) in [5, 5.41) is 2.37. The first kappa shape index (κ1) is 24.3. The van der Waals surface area contributed by atoms with Crippen LogP contribution < -0.4 is 15.0 Å². The summed E-state index contributed by atoms with van der Waals surface area (Å²) >= 11 is 0. The highest BCUT2D eigenvalue weighted by molar-refractivity contribution is 6.05. The van der Waals surface area contributed by atoms with Crippen molar-refractivity contribution in [2.75, 3.05) is 11.4 Å². The molecular formula is C30H34N6O3. The van der Waals surface area contributed by atoms with E-state index in [2.05, 4.69) is 59.4 Å². The van der Waals surface area contributed by atoms with Crippen LogP contribution in [0.4, 0.5) is 10.6 Å². The number of hydrogen-bond donors (Lipinski definition) is 1. The number of nitrogens with zero attached hydrogens (tertiary/aromatic N) is 5. The minimum atomic E-state index is -0.422. The van der Waals surface area contributed by atoms with Crippen LogP contribution in [0.2, 0.25) is 0 Å². The average molecular weight is 527 g/mol. The largest absolute Gasteiger partial charge is 0.490 e. The van der Waals surface area contributed by atoms with Crippen LogP contribution in [-0.2, 0) is 30.5 Å². The van der Waals surface area contributed by atoms with Crippen molar-refractivity contribution >= 4 is 17.8 Å². The van der Waals surface area contributed by atoms with Crippen LogP contribution >= 0.6 is 0 Å². The maximum atomic E-state index is 12.4. The Bertz CT molecular complexity index is 1470. The fourth-order valence-corrected chi connectivity index (χ4v) is 6.39. The Kier molecular flexibility index (Phi) is 5.39. The molecule has 1 spiro atoms. The molecule has 39 heavy (non-hydrogen) atoms. The van der Waals surface area contributed by atoms with Crippen LogP contribution in [0.15, 0.2) is 42.6 Å². The van der Waals surface area contributed by atoms with Gasteiger partial charge in [-0.1, -0.05) is 18.2 Å². The third-order valence-electron chi connectivity index (χ3n) is 9.29. The fourth-order valence-electron chi connectivity index (χ4n) is 6.39. The van der Waals surface area contributed by atoms with Crippen LogP contribution in [0, 0.1) is 5.41 Å². The second kappa shape index (κ2) is 8.64. The van der Waals surface area contributed by atoms with Gasteiger partial charge in [0.1, 0.15) is 23.4 Å². The Morgan fingerprint density at radius 2 is 1.87 bits per heavy atom. The predicted molar refractivity (Wildman–Crippen MR) is 146 cm³/mol. The third kappa shape index (κ3) is 4.02. The molecule has 7 rings (SSSR count). The van der Waals surface area contributed by atoms with Gasteiger partial charge < -0.3 is 9.30 Å². The lowest BCUT2D eigenvalue weighted by Gasteiger charge is -2.37. The van der Waals surface area contributed by atoms with Crippen LogP contribution in [0.25, 0.3) is 11.5 Å². The molecule has 1 N–H and O–H groups in total. The molecule has 1 aromatic carbocycles. The Hall–Kier alpha value is -3.72. The molecule has 202 valence electrons. The molecule has 3 amide bonds. The zero-order chi connectivity index (χ0) is 26.9. The highest BCUT2D eigenvalue weighted by Crippen LogP contribution is 2.61. The Balaban J connectivity index is 1.07. The van der Waals surface area contributed by atoms with Crippen LogP contribution in [0.3, 0.4) is 0 Å². The quantitative estimate of drug-likeness (QED) is 0.509. The van der Waals surface area contributed by atoms with E-state index in [-0.39, 0.29) is 17.9 Å². The number of urea groups is 1. The summed E-state index contributed by atoms with van der Waals surface area (Å²) < 4.78 is 8.15. The van der Waals surface area contributed by atoms with E-state index in [9.17, 15) is 9.59 Å². The van der Waals surface area contributed by atoms with Gasteiger partial charge in [0.05, 0.1) is 17.4 Å². The normalized spacial score (nSPS) is 22.9. The number of pyridine rings is 1. The fraction of sp³-hybridized carbons (Fsp3) is 0.467. The van der Waals surface area contributed by atoms with Crippen molar-refractivity contribution in [2.45, 2.75) is 70.7 Å². The van der Waals surface area contributed by atoms with E-state index in [4.69, 9.17) is 9.72 Å². The summed E-state index contributed by atoms with van der Waals surface area (Å²) in [7, 11) is 1.87. The average Bonchev–Trinajstić information content (AvgIpc) is 3.61. The van der Waals surface area contributed by atoms with Gasteiger partial charge in [0.2, 0.25) is 5.91 Å². The minimum Gasteiger partial charge on any atom is -0.490 e. The number of carbonyl (C=O) groups excluding carboxylic acids is 2. The number of anilines is 1. The summed E-state index contributed by atoms with van der Waals surface area (Å²) in [6, 6.07) is 12.3. The van der Waals surface area contributed by atoms with Gasteiger partial charge in [-0.15, -0.1) is 0 Å². The number of fused-ring (bicyclic) bond motifs is 1. The molecule has 3 fully saturated rings. The monoisotopic (exact) mass is 526 g/mol. The van der Waals surface area contributed by atoms with E-state index < -0.39 is 6.03 Å². The van der Waals surface area contributed by atoms with Crippen LogP contribution in [0.5, 0.6) is 5.75 Å². The molecule has 1 saturated heterocycles. The summed E-state index contributed by atoms with van der Waals surface area (Å²) in [5.41, 5.74) is 4.53. The van der Waals surface area contributed by atoms with Crippen molar-refractivity contribution in [3.63, 3.8) is 0 Å². The number of hydrogen-bond acceptors (Lipinski definition) is 6. The first-order chi connectivity index (χ1) is 18.7. The number of imidazole rings is 1. The van der Waals surface area contributed by atoms with E-state index >= 15 is 0 Å². The predicted octanol–water partition coefficient (Wildman–Crippen LogP) is 4.50. The second-order valence-electron chi connectivity index (χ2n) is 12.0. The first-order valence-electron chi connectivity index (χ1n) is 13.9. The summed E-state index contributed by atoms with van der Waals surface area (Å²) in [6.45, 7) is 6.42. The molecule has 0 bridgehead atoms. The van der Waals surface area contributed by atoms with Crippen molar-refractivity contribution in [1.82, 2.24) is 24.8 Å². The van der Waals surface area contributed by atoms with Gasteiger partial charge in [0, 0.05) is 38.5 Å². The van der Waals surface area contributed by atoms with Gasteiger partial charge in [-0.25, -0.2) is 14.8 Å². The van der Waals surface area contributed by atoms with Gasteiger partial charge in [-0.05, 0) is 68.9 Å². The number of imide groups is 1. The van der Waals surface area contributed by atoms with Gasteiger partial charge in [0.25, 0.3) is 0 Å². The summed E-state index contributed by atoms with van der Waals surface area (Å²) in [5.74, 6) is 2.04. The number of carbonyl (C=O) groups is 2. The van der Waals surface area contributed by atoms with Gasteiger partial charge in [0.15, 0.2) is 5.82 Å². The Morgan fingerprint density at radius 1 is 1.08 bits per heavy atom. The maximum absolute atomic E-state index is 12.4. The van der Waals surface area contributed by atoms with Crippen molar-refractivity contribution in [2.24, 2.45) is 12.5 Å². The number of ether oxygens (including phenoxy) is 1. The highest BCUT2D eigenvalue weighted by atomic mass is 16.5. The Labute approximate surface area is 228 Å². The maximum Gasteiger partial charge on any atom is 0.329 e. The number of aromatic nitrogens is 3. The van der Waals surface area contributed by atoms with Crippen molar-refractivity contribution in [1.29, 1.82) is 0 Å². The molecule has 9 nitrogen and oxygen atoms in total. The molecule has 3 aromatic rings. The van der Waals surface area contributed by atoms with Crippen molar-refractivity contribution < 1.29 is 14.3 Å². The molecule has 4 aliphatic rings. The number of amides is 3. The lowest BCUT2D eigenvalue weighted by atomic mass is 9.78. The highest BCUT2D eigenvalue weighted by Gasteiger charge is 2.57. The zero-order valence-electron chi connectivity index (χ0n) is 22.7. The molecule has 2 aliphatic carbocycles. The molecule has 2 saturated carbocycles. The van der Waals surface area contributed by atoms with Crippen molar-refractivity contribution in [3.05, 3.63) is 59.4 Å². The van der Waals surface area contributed by atoms with Crippen LogP contribution in [-0.4, -0.2) is 44.0 Å². The molecule has 2 aromatic heterocycles. The summed E-state index contributed by atoms with van der Waals surface area (Å²) in [4.78, 5) is 37.6. The van der Waals surface area contributed by atoms with E-state index in [1.54, 1.807) is 11.1 Å². The van der Waals surface area contributed by atoms with Crippen molar-refractivity contribution in [3.8, 4) is 17.3 Å². The SMILES string of the molecule is Cn1c(N2CCC(=O)NC2=O)cnc1-c1ccc2c(n1)C(C)(C)N(Cc1ccc(OC3CCC34CC4)cc1)C2. The van der Waals surface area contributed by atoms with Crippen LogP contribution in [0.1, 0.15) is 62.8 Å². The minimum absolute atomic E-state index is 0.254. The lowest BCUT2D eigenvalue weighted by Crippen LogP contribution is -2.50. The first-order valence-corrected chi connectivity index (χ1v) is 13.9. The molecule has 9 heteroatoms. The number of benzene rings is 1. The van der Waals surface area contributed by atoms with E-state index in [1.807, 2.05) is 17.7 Å². The Morgan fingerprint density at radius 3 is 2.56 bits per heavy atom. The van der Waals surface area contributed by atoms with Gasteiger partial charge in [-0.2, -0.15) is 0 Å². The van der Waals surface area contributed by atoms with E-state index in [0.29, 0.717) is 29.7 Å². The number of nitrogens with one attached hydrogen (secondary N) is 1. The van der Waals surface area contributed by atoms with Gasteiger partial charge in [-0.3, -0.25) is 19.9 Å². The lowest BCUT2D eigenvalue weighted by molar-refractivity contribution is -0.120.